The second kappa shape index (κ2) is 7.52. The first-order valence-electron chi connectivity index (χ1n) is 8.99. The third-order valence-electron chi connectivity index (χ3n) is 4.72. The highest BCUT2D eigenvalue weighted by atomic mass is 16.5. The summed E-state index contributed by atoms with van der Waals surface area (Å²) in [6.07, 6.45) is 5.17. The molecule has 2 aromatic carbocycles. The Labute approximate surface area is 162 Å². The van der Waals surface area contributed by atoms with Gasteiger partial charge >= 0.3 is 0 Å². The number of para-hydroxylation sites is 1. The molecule has 1 atom stereocenters. The molecule has 0 fully saturated rings. The first kappa shape index (κ1) is 17.7. The molecule has 2 heterocycles. The van der Waals surface area contributed by atoms with E-state index in [9.17, 15) is 4.79 Å². The molecule has 0 saturated heterocycles. The zero-order chi connectivity index (χ0) is 19.5. The number of rotatable bonds is 5. The Morgan fingerprint density at radius 3 is 2.57 bits per heavy atom. The Morgan fingerprint density at radius 1 is 1.04 bits per heavy atom. The van der Waals surface area contributed by atoms with Crippen LogP contribution in [-0.2, 0) is 4.79 Å². The minimum atomic E-state index is -0.276. The number of ether oxygens (including phenoxy) is 1. The van der Waals surface area contributed by atoms with Crippen LogP contribution in [0.1, 0.15) is 18.4 Å². The topological polar surface area (TPSA) is 68.5 Å². The number of imidazole rings is 1. The van der Waals surface area contributed by atoms with Crippen LogP contribution in [0.3, 0.4) is 0 Å². The van der Waals surface area contributed by atoms with E-state index in [-0.39, 0.29) is 11.8 Å². The molecule has 0 radical (unpaired) electrons. The lowest BCUT2D eigenvalue weighted by Gasteiger charge is -2.13. The molecule has 4 rings (SSSR count). The van der Waals surface area contributed by atoms with Crippen LogP contribution in [-0.4, -0.2) is 27.4 Å². The van der Waals surface area contributed by atoms with Crippen LogP contribution in [0.25, 0.3) is 16.9 Å². The van der Waals surface area contributed by atoms with Gasteiger partial charge in [0.1, 0.15) is 11.6 Å². The molecule has 0 aliphatic carbocycles. The largest absolute Gasteiger partial charge is 0.496 e. The SMILES string of the molecule is COc1ccccc1-c1cn2c(NC(=O)C(C)c3ccccc3)cnc2cn1. The van der Waals surface area contributed by atoms with E-state index in [0.29, 0.717) is 11.5 Å². The summed E-state index contributed by atoms with van der Waals surface area (Å²) in [4.78, 5) is 21.5. The fourth-order valence-electron chi connectivity index (χ4n) is 3.10. The van der Waals surface area contributed by atoms with E-state index >= 15 is 0 Å². The molecule has 6 heteroatoms. The van der Waals surface area contributed by atoms with E-state index in [1.807, 2.05) is 72.1 Å². The summed E-state index contributed by atoms with van der Waals surface area (Å²) in [5.41, 5.74) is 3.22. The standard InChI is InChI=1S/C22H20N4O2/c1-15(16-8-4-3-5-9-16)22(27)25-21-13-24-20-12-23-18(14-26(20)21)17-10-6-7-11-19(17)28-2/h3-15H,1-2H3,(H,25,27). The van der Waals surface area contributed by atoms with E-state index in [4.69, 9.17) is 4.74 Å². The quantitative estimate of drug-likeness (QED) is 0.571. The molecule has 0 spiro atoms. The number of nitrogens with zero attached hydrogens (tertiary/aromatic N) is 3. The minimum absolute atomic E-state index is 0.0938. The van der Waals surface area contributed by atoms with Crippen molar-refractivity contribution in [2.45, 2.75) is 12.8 Å². The summed E-state index contributed by atoms with van der Waals surface area (Å²) in [7, 11) is 1.63. The van der Waals surface area contributed by atoms with Crippen molar-refractivity contribution in [3.05, 3.63) is 78.8 Å². The molecule has 140 valence electrons. The number of fused-ring (bicyclic) bond motifs is 1. The Bertz CT molecular complexity index is 1120. The van der Waals surface area contributed by atoms with Gasteiger partial charge < -0.3 is 10.1 Å². The van der Waals surface area contributed by atoms with Crippen molar-refractivity contribution in [1.82, 2.24) is 14.4 Å². The lowest BCUT2D eigenvalue weighted by atomic mass is 10.0. The predicted octanol–water partition coefficient (Wildman–Crippen LogP) is 4.15. The van der Waals surface area contributed by atoms with Crippen LogP contribution in [0.4, 0.5) is 5.82 Å². The fourth-order valence-corrected chi connectivity index (χ4v) is 3.10. The van der Waals surface area contributed by atoms with Crippen LogP contribution in [0.5, 0.6) is 5.75 Å². The zero-order valence-corrected chi connectivity index (χ0v) is 15.7. The number of carbonyl (C=O) groups is 1. The van der Waals surface area contributed by atoms with Gasteiger partial charge in [-0.2, -0.15) is 0 Å². The van der Waals surface area contributed by atoms with Gasteiger partial charge in [-0.1, -0.05) is 42.5 Å². The Hall–Kier alpha value is -3.67. The molecule has 6 nitrogen and oxygen atoms in total. The molecule has 0 bridgehead atoms. The first-order chi connectivity index (χ1) is 13.7. The van der Waals surface area contributed by atoms with Crippen molar-refractivity contribution in [1.29, 1.82) is 0 Å². The average Bonchev–Trinajstić information content (AvgIpc) is 3.15. The van der Waals surface area contributed by atoms with Crippen molar-refractivity contribution >= 4 is 17.4 Å². The van der Waals surface area contributed by atoms with Crippen LogP contribution in [0.2, 0.25) is 0 Å². The number of amides is 1. The maximum absolute atomic E-state index is 12.7. The van der Waals surface area contributed by atoms with Crippen LogP contribution < -0.4 is 10.1 Å². The number of benzene rings is 2. The summed E-state index contributed by atoms with van der Waals surface area (Å²) in [6, 6.07) is 17.4. The molecule has 1 unspecified atom stereocenters. The van der Waals surface area contributed by atoms with Crippen molar-refractivity contribution in [2.75, 3.05) is 12.4 Å². The normalized spacial score (nSPS) is 11.9. The van der Waals surface area contributed by atoms with Gasteiger partial charge in [0.25, 0.3) is 0 Å². The second-order valence-corrected chi connectivity index (χ2v) is 6.47. The van der Waals surface area contributed by atoms with E-state index in [0.717, 1.165) is 22.6 Å². The zero-order valence-electron chi connectivity index (χ0n) is 15.7. The summed E-state index contributed by atoms with van der Waals surface area (Å²) in [5.74, 6) is 0.963. The van der Waals surface area contributed by atoms with Gasteiger partial charge in [0.15, 0.2) is 5.65 Å². The number of aromatic nitrogens is 3. The van der Waals surface area contributed by atoms with Gasteiger partial charge in [0.05, 0.1) is 31.1 Å². The van der Waals surface area contributed by atoms with E-state index in [2.05, 4.69) is 15.3 Å². The van der Waals surface area contributed by atoms with Crippen LogP contribution in [0.15, 0.2) is 73.2 Å². The second-order valence-electron chi connectivity index (χ2n) is 6.47. The Kier molecular flexibility index (Phi) is 4.76. The monoisotopic (exact) mass is 372 g/mol. The number of hydrogen-bond acceptors (Lipinski definition) is 4. The minimum Gasteiger partial charge on any atom is -0.496 e. The average molecular weight is 372 g/mol. The number of nitrogens with one attached hydrogen (secondary N) is 1. The van der Waals surface area contributed by atoms with E-state index < -0.39 is 0 Å². The van der Waals surface area contributed by atoms with Crippen molar-refractivity contribution in [3.63, 3.8) is 0 Å². The van der Waals surface area contributed by atoms with Gasteiger partial charge in [-0.05, 0) is 24.6 Å². The molecule has 0 aliphatic rings. The summed E-state index contributed by atoms with van der Waals surface area (Å²) < 4.78 is 7.26. The number of carbonyl (C=O) groups excluding carboxylic acids is 1. The highest BCUT2D eigenvalue weighted by Crippen LogP contribution is 2.28. The molecule has 1 N–H and O–H groups in total. The summed E-state index contributed by atoms with van der Waals surface area (Å²) in [5, 5.41) is 2.97. The third-order valence-corrected chi connectivity index (χ3v) is 4.72. The number of hydrogen-bond donors (Lipinski definition) is 1. The van der Waals surface area contributed by atoms with Crippen LogP contribution >= 0.6 is 0 Å². The van der Waals surface area contributed by atoms with Gasteiger partial charge in [0, 0.05) is 11.8 Å². The Balaban J connectivity index is 1.66. The lowest BCUT2D eigenvalue weighted by Crippen LogP contribution is -2.19. The Morgan fingerprint density at radius 2 is 1.79 bits per heavy atom. The highest BCUT2D eigenvalue weighted by molar-refractivity contribution is 5.95. The highest BCUT2D eigenvalue weighted by Gasteiger charge is 2.17. The van der Waals surface area contributed by atoms with Gasteiger partial charge in [0.2, 0.25) is 5.91 Å². The molecular weight excluding hydrogens is 352 g/mol. The molecular formula is C22H20N4O2. The molecule has 28 heavy (non-hydrogen) atoms. The third kappa shape index (κ3) is 3.32. The van der Waals surface area contributed by atoms with E-state index in [1.54, 1.807) is 19.5 Å². The number of anilines is 1. The predicted molar refractivity (Wildman–Crippen MR) is 108 cm³/mol. The van der Waals surface area contributed by atoms with Crippen molar-refractivity contribution < 1.29 is 9.53 Å². The maximum Gasteiger partial charge on any atom is 0.232 e. The summed E-state index contributed by atoms with van der Waals surface area (Å²) >= 11 is 0. The first-order valence-corrected chi connectivity index (χ1v) is 8.99. The smallest absolute Gasteiger partial charge is 0.232 e. The lowest BCUT2D eigenvalue weighted by molar-refractivity contribution is -0.117. The van der Waals surface area contributed by atoms with Gasteiger partial charge in [-0.15, -0.1) is 0 Å². The maximum atomic E-state index is 12.7. The molecule has 2 aromatic heterocycles. The van der Waals surface area contributed by atoms with Crippen molar-refractivity contribution in [2.24, 2.45) is 0 Å². The molecule has 0 saturated carbocycles. The molecule has 1 amide bonds. The number of methoxy groups -OCH3 is 1. The van der Waals surface area contributed by atoms with Crippen LogP contribution in [0, 0.1) is 0 Å². The van der Waals surface area contributed by atoms with Gasteiger partial charge in [-0.3, -0.25) is 14.2 Å². The van der Waals surface area contributed by atoms with Gasteiger partial charge in [-0.25, -0.2) is 4.98 Å². The summed E-state index contributed by atoms with van der Waals surface area (Å²) in [6.45, 7) is 1.88. The van der Waals surface area contributed by atoms with Crippen molar-refractivity contribution in [3.8, 4) is 17.0 Å². The molecule has 0 aliphatic heterocycles. The fraction of sp³-hybridized carbons (Fsp3) is 0.136. The van der Waals surface area contributed by atoms with E-state index in [1.165, 1.54) is 0 Å². The molecule has 4 aromatic rings.